The van der Waals surface area contributed by atoms with Crippen molar-refractivity contribution in [1.82, 2.24) is 20.0 Å². The molecule has 3 heterocycles. The Labute approximate surface area is 128 Å². The number of thiazole rings is 1. The molecule has 1 fully saturated rings. The molecule has 21 heavy (non-hydrogen) atoms. The maximum atomic E-state index is 5.83. The fourth-order valence-corrected chi connectivity index (χ4v) is 3.11. The Morgan fingerprint density at radius 2 is 2.29 bits per heavy atom. The van der Waals surface area contributed by atoms with E-state index in [1.165, 1.54) is 0 Å². The first kappa shape index (κ1) is 14.6. The van der Waals surface area contributed by atoms with Gasteiger partial charge in [0.25, 0.3) is 0 Å². The maximum Gasteiger partial charge on any atom is 0.240 e. The van der Waals surface area contributed by atoms with E-state index in [0.29, 0.717) is 25.0 Å². The van der Waals surface area contributed by atoms with Gasteiger partial charge in [0.15, 0.2) is 5.82 Å². The molecule has 0 bridgehead atoms. The average Bonchev–Trinajstić information content (AvgIpc) is 3.08. The molecule has 0 saturated carbocycles. The van der Waals surface area contributed by atoms with Crippen LogP contribution in [0.2, 0.25) is 0 Å². The van der Waals surface area contributed by atoms with E-state index in [9.17, 15) is 0 Å². The monoisotopic (exact) mass is 308 g/mol. The topological polar surface area (TPSA) is 64.3 Å². The molecule has 0 unspecified atom stereocenters. The molecule has 0 N–H and O–H groups in total. The SMILES string of the molecule is Cc1csc([C@@H]2CN(Cc3nc(C(C)C)no3)CCO2)n1. The van der Waals surface area contributed by atoms with Crippen molar-refractivity contribution < 1.29 is 9.26 Å². The van der Waals surface area contributed by atoms with E-state index in [4.69, 9.17) is 9.26 Å². The molecule has 0 amide bonds. The van der Waals surface area contributed by atoms with E-state index in [1.807, 2.05) is 6.92 Å². The highest BCUT2D eigenvalue weighted by Crippen LogP contribution is 2.25. The zero-order valence-corrected chi connectivity index (χ0v) is 13.4. The minimum Gasteiger partial charge on any atom is -0.368 e. The van der Waals surface area contributed by atoms with Gasteiger partial charge in [-0.25, -0.2) is 4.98 Å². The Morgan fingerprint density at radius 1 is 1.43 bits per heavy atom. The van der Waals surface area contributed by atoms with Crippen LogP contribution in [0, 0.1) is 6.92 Å². The Balaban J connectivity index is 1.63. The molecule has 3 rings (SSSR count). The summed E-state index contributed by atoms with van der Waals surface area (Å²) in [5.74, 6) is 1.73. The Bertz CT molecular complexity index is 595. The minimum atomic E-state index is 0.0462. The van der Waals surface area contributed by atoms with Gasteiger partial charge in [-0.3, -0.25) is 4.90 Å². The van der Waals surface area contributed by atoms with E-state index in [1.54, 1.807) is 11.3 Å². The van der Waals surface area contributed by atoms with Gasteiger partial charge >= 0.3 is 0 Å². The molecule has 1 aliphatic rings. The number of morpholine rings is 1. The third-order valence-electron chi connectivity index (χ3n) is 3.42. The fraction of sp³-hybridized carbons (Fsp3) is 0.643. The molecule has 0 spiro atoms. The molecular weight excluding hydrogens is 288 g/mol. The van der Waals surface area contributed by atoms with Crippen molar-refractivity contribution >= 4 is 11.3 Å². The molecule has 0 aliphatic carbocycles. The second-order valence-corrected chi connectivity index (χ2v) is 6.51. The number of nitrogens with zero attached hydrogens (tertiary/aromatic N) is 4. The smallest absolute Gasteiger partial charge is 0.240 e. The summed E-state index contributed by atoms with van der Waals surface area (Å²) in [7, 11) is 0. The van der Waals surface area contributed by atoms with Crippen LogP contribution >= 0.6 is 11.3 Å². The summed E-state index contributed by atoms with van der Waals surface area (Å²) in [6.45, 7) is 9.19. The molecule has 7 heteroatoms. The second kappa shape index (κ2) is 6.21. The first-order valence-electron chi connectivity index (χ1n) is 7.20. The quantitative estimate of drug-likeness (QED) is 0.865. The highest BCUT2D eigenvalue weighted by Gasteiger charge is 2.25. The van der Waals surface area contributed by atoms with Crippen LogP contribution < -0.4 is 0 Å². The van der Waals surface area contributed by atoms with Crippen molar-refractivity contribution in [2.24, 2.45) is 0 Å². The van der Waals surface area contributed by atoms with Crippen LogP contribution in [0.15, 0.2) is 9.90 Å². The second-order valence-electron chi connectivity index (χ2n) is 5.62. The third-order valence-corrected chi connectivity index (χ3v) is 4.48. The van der Waals surface area contributed by atoms with E-state index in [2.05, 4.69) is 39.3 Å². The van der Waals surface area contributed by atoms with Crippen LogP contribution in [0.1, 0.15) is 48.3 Å². The zero-order valence-electron chi connectivity index (χ0n) is 12.6. The summed E-state index contributed by atoms with van der Waals surface area (Å²) in [5, 5.41) is 7.11. The Hall–Kier alpha value is -1.31. The average molecular weight is 308 g/mol. The summed E-state index contributed by atoms with van der Waals surface area (Å²) >= 11 is 1.66. The van der Waals surface area contributed by atoms with Crippen LogP contribution in [-0.2, 0) is 11.3 Å². The van der Waals surface area contributed by atoms with Crippen molar-refractivity contribution in [3.05, 3.63) is 27.8 Å². The summed E-state index contributed by atoms with van der Waals surface area (Å²) in [6, 6.07) is 0. The van der Waals surface area contributed by atoms with Crippen molar-refractivity contribution in [2.75, 3.05) is 19.7 Å². The van der Waals surface area contributed by atoms with Gasteiger partial charge in [-0.15, -0.1) is 11.3 Å². The van der Waals surface area contributed by atoms with Crippen molar-refractivity contribution in [3.63, 3.8) is 0 Å². The summed E-state index contributed by atoms with van der Waals surface area (Å²) in [4.78, 5) is 11.2. The molecule has 0 radical (unpaired) electrons. The van der Waals surface area contributed by atoms with Crippen LogP contribution in [-0.4, -0.2) is 39.7 Å². The molecule has 1 atom stereocenters. The van der Waals surface area contributed by atoms with Gasteiger partial charge in [-0.05, 0) is 6.92 Å². The van der Waals surface area contributed by atoms with E-state index in [-0.39, 0.29) is 6.10 Å². The van der Waals surface area contributed by atoms with Gasteiger partial charge in [-0.1, -0.05) is 19.0 Å². The number of aryl methyl sites for hydroxylation is 1. The molecule has 2 aromatic rings. The lowest BCUT2D eigenvalue weighted by Crippen LogP contribution is -2.37. The highest BCUT2D eigenvalue weighted by molar-refractivity contribution is 7.09. The van der Waals surface area contributed by atoms with Crippen LogP contribution in [0.25, 0.3) is 0 Å². The number of aromatic nitrogens is 3. The van der Waals surface area contributed by atoms with Crippen molar-refractivity contribution in [3.8, 4) is 0 Å². The summed E-state index contributed by atoms with van der Waals surface area (Å²) < 4.78 is 11.1. The molecular formula is C14H20N4O2S. The number of ether oxygens (including phenoxy) is 1. The highest BCUT2D eigenvalue weighted by atomic mass is 32.1. The van der Waals surface area contributed by atoms with E-state index in [0.717, 1.165) is 29.6 Å². The van der Waals surface area contributed by atoms with E-state index >= 15 is 0 Å². The van der Waals surface area contributed by atoms with Crippen molar-refractivity contribution in [1.29, 1.82) is 0 Å². The number of hydrogen-bond acceptors (Lipinski definition) is 7. The van der Waals surface area contributed by atoms with Gasteiger partial charge < -0.3 is 9.26 Å². The molecule has 114 valence electrons. The normalized spacial score (nSPS) is 20.3. The molecule has 1 aliphatic heterocycles. The lowest BCUT2D eigenvalue weighted by Gasteiger charge is -2.30. The minimum absolute atomic E-state index is 0.0462. The molecule has 6 nitrogen and oxygen atoms in total. The Kier molecular flexibility index (Phi) is 4.32. The molecule has 1 saturated heterocycles. The number of hydrogen-bond donors (Lipinski definition) is 0. The lowest BCUT2D eigenvalue weighted by atomic mass is 10.2. The third kappa shape index (κ3) is 3.48. The van der Waals surface area contributed by atoms with E-state index < -0.39 is 0 Å². The van der Waals surface area contributed by atoms with Crippen LogP contribution in [0.4, 0.5) is 0 Å². The van der Waals surface area contributed by atoms with Gasteiger partial charge in [0, 0.05) is 30.1 Å². The standard InChI is InChI=1S/C14H20N4O2S/c1-9(2)13-16-12(20-17-13)7-18-4-5-19-11(6-18)14-15-10(3)8-21-14/h8-9,11H,4-7H2,1-3H3/t11-/m0/s1. The summed E-state index contributed by atoms with van der Waals surface area (Å²) in [5.41, 5.74) is 1.05. The molecule has 2 aromatic heterocycles. The van der Waals surface area contributed by atoms with Gasteiger partial charge in [0.2, 0.25) is 5.89 Å². The lowest BCUT2D eigenvalue weighted by molar-refractivity contribution is -0.0357. The predicted octanol–water partition coefficient (Wildman–Crippen LogP) is 2.53. The van der Waals surface area contributed by atoms with Crippen molar-refractivity contribution in [2.45, 2.75) is 39.3 Å². The number of rotatable bonds is 4. The zero-order chi connectivity index (χ0) is 14.8. The maximum absolute atomic E-state index is 5.83. The summed E-state index contributed by atoms with van der Waals surface area (Å²) in [6.07, 6.45) is 0.0462. The van der Waals surface area contributed by atoms with Gasteiger partial charge in [0.05, 0.1) is 13.2 Å². The van der Waals surface area contributed by atoms with Crippen LogP contribution in [0.3, 0.4) is 0 Å². The van der Waals surface area contributed by atoms with Crippen LogP contribution in [0.5, 0.6) is 0 Å². The first-order chi connectivity index (χ1) is 10.1. The predicted molar refractivity (Wildman–Crippen MR) is 79.2 cm³/mol. The molecule has 0 aromatic carbocycles. The fourth-order valence-electron chi connectivity index (χ4n) is 2.27. The first-order valence-corrected chi connectivity index (χ1v) is 8.08. The largest absolute Gasteiger partial charge is 0.368 e. The van der Waals surface area contributed by atoms with Gasteiger partial charge in [0.1, 0.15) is 11.1 Å². The van der Waals surface area contributed by atoms with Gasteiger partial charge in [-0.2, -0.15) is 4.98 Å². The Morgan fingerprint density at radius 3 is 2.95 bits per heavy atom.